The van der Waals surface area contributed by atoms with E-state index in [0.29, 0.717) is 40.5 Å². The van der Waals surface area contributed by atoms with Gasteiger partial charge in [0.15, 0.2) is 16.9 Å². The third-order valence-electron chi connectivity index (χ3n) is 6.24. The van der Waals surface area contributed by atoms with Gasteiger partial charge in [0, 0.05) is 6.20 Å². The van der Waals surface area contributed by atoms with Crippen LogP contribution >= 0.6 is 0 Å². The lowest BCUT2D eigenvalue weighted by Gasteiger charge is -2.24. The Morgan fingerprint density at radius 1 is 1.09 bits per heavy atom. The number of nitrogens with zero attached hydrogens (tertiary/aromatic N) is 2. The Labute approximate surface area is 202 Å². The predicted octanol–water partition coefficient (Wildman–Crippen LogP) is 5.13. The van der Waals surface area contributed by atoms with E-state index in [1.165, 1.54) is 12.0 Å². The first-order chi connectivity index (χ1) is 16.9. The first-order valence-corrected chi connectivity index (χ1v) is 11.2. The van der Waals surface area contributed by atoms with Gasteiger partial charge in [0.2, 0.25) is 5.76 Å². The summed E-state index contributed by atoms with van der Waals surface area (Å²) in [4.78, 5) is 33.4. The van der Waals surface area contributed by atoms with Crippen molar-refractivity contribution in [1.82, 2.24) is 4.98 Å². The van der Waals surface area contributed by atoms with Gasteiger partial charge in [-0.15, -0.1) is 0 Å². The number of aryl methyl sites for hydroxylation is 2. The fraction of sp³-hybridized carbons (Fsp3) is 0.179. The highest BCUT2D eigenvalue weighted by molar-refractivity contribution is 6.10. The van der Waals surface area contributed by atoms with Gasteiger partial charge in [-0.25, -0.2) is 4.98 Å². The molecule has 1 unspecified atom stereocenters. The Hall–Kier alpha value is -4.39. The molecule has 0 saturated heterocycles. The van der Waals surface area contributed by atoms with E-state index in [1.807, 2.05) is 26.0 Å². The summed E-state index contributed by atoms with van der Waals surface area (Å²) in [6, 6.07) is 13.5. The number of aromatic nitrogens is 1. The number of methoxy groups -OCH3 is 1. The smallest absolute Gasteiger partial charge is 0.296 e. The van der Waals surface area contributed by atoms with Crippen LogP contribution in [0.2, 0.25) is 0 Å². The SMILES string of the molecule is C=CCOc1ccc(C2c3c(oc4cc(C)c(C)cc4c3=O)C(=O)N2c2ccccn2)cc1OC. The summed E-state index contributed by atoms with van der Waals surface area (Å²) in [6.45, 7) is 7.87. The van der Waals surface area contributed by atoms with Crippen molar-refractivity contribution >= 4 is 22.7 Å². The highest BCUT2D eigenvalue weighted by atomic mass is 16.5. The summed E-state index contributed by atoms with van der Waals surface area (Å²) < 4.78 is 17.3. The molecule has 1 aliphatic heterocycles. The summed E-state index contributed by atoms with van der Waals surface area (Å²) in [5.74, 6) is 1.01. The second-order valence-electron chi connectivity index (χ2n) is 8.38. The van der Waals surface area contributed by atoms with Crippen LogP contribution in [0.3, 0.4) is 0 Å². The first kappa shape index (κ1) is 22.4. The van der Waals surface area contributed by atoms with E-state index in [0.717, 1.165) is 11.1 Å². The maximum atomic E-state index is 13.8. The third-order valence-corrected chi connectivity index (χ3v) is 6.24. The van der Waals surface area contributed by atoms with Crippen molar-refractivity contribution in [2.75, 3.05) is 18.6 Å². The van der Waals surface area contributed by atoms with Gasteiger partial charge in [0.25, 0.3) is 5.91 Å². The lowest BCUT2D eigenvalue weighted by Crippen LogP contribution is -2.30. The molecule has 0 saturated carbocycles. The Bertz CT molecular complexity index is 1520. The van der Waals surface area contributed by atoms with Crippen LogP contribution < -0.4 is 19.8 Å². The minimum absolute atomic E-state index is 0.0207. The van der Waals surface area contributed by atoms with Crippen molar-refractivity contribution in [3.8, 4) is 11.5 Å². The molecule has 2 aromatic heterocycles. The second-order valence-corrected chi connectivity index (χ2v) is 8.38. The van der Waals surface area contributed by atoms with Crippen molar-refractivity contribution in [2.24, 2.45) is 0 Å². The zero-order valence-electron chi connectivity index (χ0n) is 19.7. The van der Waals surface area contributed by atoms with Gasteiger partial charge in [-0.1, -0.05) is 24.8 Å². The number of hydrogen-bond donors (Lipinski definition) is 0. The van der Waals surface area contributed by atoms with Crippen LogP contribution in [0, 0.1) is 13.8 Å². The number of amides is 1. The minimum Gasteiger partial charge on any atom is -0.493 e. The molecule has 4 aromatic rings. The van der Waals surface area contributed by atoms with E-state index in [1.54, 1.807) is 48.7 Å². The van der Waals surface area contributed by atoms with Gasteiger partial charge in [-0.2, -0.15) is 0 Å². The van der Waals surface area contributed by atoms with Gasteiger partial charge in [-0.05, 0) is 66.9 Å². The molecule has 1 amide bonds. The highest BCUT2D eigenvalue weighted by Crippen LogP contribution is 2.42. The van der Waals surface area contributed by atoms with Crippen LogP contribution in [0.5, 0.6) is 11.5 Å². The standard InChI is InChI=1S/C28H24N2O5/c1-5-12-34-20-10-9-18(15-22(20)33-4)25-24-26(31)19-13-16(2)17(3)14-21(19)35-27(24)28(32)30(25)23-8-6-7-11-29-23/h5-11,13-15,25H,1,12H2,2-4H3. The normalized spacial score (nSPS) is 14.8. The van der Waals surface area contributed by atoms with Crippen molar-refractivity contribution in [2.45, 2.75) is 19.9 Å². The number of ether oxygens (including phenoxy) is 2. The molecule has 0 bridgehead atoms. The number of anilines is 1. The van der Waals surface area contributed by atoms with E-state index in [-0.39, 0.29) is 16.8 Å². The number of benzene rings is 2. The molecule has 1 atom stereocenters. The van der Waals surface area contributed by atoms with Crippen molar-refractivity contribution < 1.29 is 18.7 Å². The molecule has 0 N–H and O–H groups in total. The van der Waals surface area contributed by atoms with Gasteiger partial charge >= 0.3 is 0 Å². The monoisotopic (exact) mass is 468 g/mol. The fourth-order valence-electron chi connectivity index (χ4n) is 4.40. The molecule has 0 aliphatic carbocycles. The highest BCUT2D eigenvalue weighted by Gasteiger charge is 2.44. The lowest BCUT2D eigenvalue weighted by molar-refractivity contribution is 0.0970. The average molecular weight is 469 g/mol. The van der Waals surface area contributed by atoms with Gasteiger partial charge in [0.05, 0.1) is 24.1 Å². The van der Waals surface area contributed by atoms with E-state index < -0.39 is 11.9 Å². The van der Waals surface area contributed by atoms with Crippen LogP contribution in [0.15, 0.2) is 76.6 Å². The minimum atomic E-state index is -0.753. The van der Waals surface area contributed by atoms with E-state index >= 15 is 0 Å². The molecule has 2 aromatic carbocycles. The lowest BCUT2D eigenvalue weighted by atomic mass is 9.97. The molecule has 3 heterocycles. The topological polar surface area (TPSA) is 81.9 Å². The van der Waals surface area contributed by atoms with E-state index in [2.05, 4.69) is 11.6 Å². The number of pyridine rings is 1. The number of rotatable bonds is 6. The summed E-state index contributed by atoms with van der Waals surface area (Å²) in [5, 5.41) is 0.436. The molecule has 1 aliphatic rings. The zero-order chi connectivity index (χ0) is 24.7. The Morgan fingerprint density at radius 3 is 2.60 bits per heavy atom. The van der Waals surface area contributed by atoms with Gasteiger partial charge in [-0.3, -0.25) is 14.5 Å². The molecule has 0 spiro atoms. The van der Waals surface area contributed by atoms with Gasteiger partial charge < -0.3 is 13.9 Å². The predicted molar refractivity (Wildman–Crippen MR) is 134 cm³/mol. The van der Waals surface area contributed by atoms with E-state index in [4.69, 9.17) is 13.9 Å². The summed E-state index contributed by atoms with van der Waals surface area (Å²) in [6.07, 6.45) is 3.25. The third kappa shape index (κ3) is 3.65. The molecule has 5 rings (SSSR count). The Balaban J connectivity index is 1.77. The Kier molecular flexibility index (Phi) is 5.61. The quantitative estimate of drug-likeness (QED) is 0.365. The van der Waals surface area contributed by atoms with Crippen molar-refractivity contribution in [1.29, 1.82) is 0 Å². The van der Waals surface area contributed by atoms with Crippen LogP contribution in [0.1, 0.15) is 38.9 Å². The largest absolute Gasteiger partial charge is 0.493 e. The zero-order valence-corrected chi connectivity index (χ0v) is 19.7. The van der Waals surface area contributed by atoms with Crippen molar-refractivity contribution in [3.05, 3.63) is 106 Å². The number of hydrogen-bond acceptors (Lipinski definition) is 6. The molecule has 0 fully saturated rings. The Morgan fingerprint density at radius 2 is 1.89 bits per heavy atom. The van der Waals surface area contributed by atoms with Crippen LogP contribution in [0.25, 0.3) is 11.0 Å². The molecule has 7 nitrogen and oxygen atoms in total. The fourth-order valence-corrected chi connectivity index (χ4v) is 4.40. The maximum absolute atomic E-state index is 13.8. The molecular weight excluding hydrogens is 444 g/mol. The molecule has 35 heavy (non-hydrogen) atoms. The molecular formula is C28H24N2O5. The molecule has 0 radical (unpaired) electrons. The maximum Gasteiger partial charge on any atom is 0.296 e. The number of fused-ring (bicyclic) bond motifs is 2. The summed E-state index contributed by atoms with van der Waals surface area (Å²) >= 11 is 0. The van der Waals surface area contributed by atoms with Crippen LogP contribution in [0.4, 0.5) is 5.82 Å². The molecule has 176 valence electrons. The number of carbonyl (C=O) groups excluding carboxylic acids is 1. The van der Waals surface area contributed by atoms with E-state index in [9.17, 15) is 9.59 Å². The summed E-state index contributed by atoms with van der Waals surface area (Å²) in [7, 11) is 1.54. The second kappa shape index (κ2) is 8.76. The number of carbonyl (C=O) groups is 1. The van der Waals surface area contributed by atoms with Gasteiger partial charge in [0.1, 0.15) is 18.0 Å². The summed E-state index contributed by atoms with van der Waals surface area (Å²) in [5.41, 5.74) is 3.03. The van der Waals surface area contributed by atoms with Crippen LogP contribution in [-0.4, -0.2) is 24.6 Å². The van der Waals surface area contributed by atoms with Crippen LogP contribution in [-0.2, 0) is 0 Å². The first-order valence-electron chi connectivity index (χ1n) is 11.2. The average Bonchev–Trinajstić information content (AvgIpc) is 3.17. The molecule has 7 heteroatoms. The van der Waals surface area contributed by atoms with Crippen molar-refractivity contribution in [3.63, 3.8) is 0 Å².